The molecule has 23 heavy (non-hydrogen) atoms. The molecule has 1 atom stereocenters. The molecule has 2 aromatic carbocycles. The van der Waals surface area contributed by atoms with E-state index in [1.807, 2.05) is 36.4 Å². The first-order chi connectivity index (χ1) is 10.9. The molecule has 0 spiro atoms. The van der Waals surface area contributed by atoms with Gasteiger partial charge in [0.05, 0.1) is 6.61 Å². The molecule has 1 aliphatic carbocycles. The van der Waals surface area contributed by atoms with Gasteiger partial charge >= 0.3 is 12.1 Å². The van der Waals surface area contributed by atoms with E-state index in [1.165, 1.54) is 6.92 Å². The van der Waals surface area contributed by atoms with Crippen LogP contribution in [0.25, 0.3) is 10.8 Å². The lowest BCUT2D eigenvalue weighted by atomic mass is 9.95. The van der Waals surface area contributed by atoms with E-state index < -0.39 is 17.6 Å². The number of hydrogen-bond donors (Lipinski definition) is 0. The molecule has 2 nitrogen and oxygen atoms in total. The van der Waals surface area contributed by atoms with Crippen molar-refractivity contribution in [3.8, 4) is 0 Å². The number of halogens is 3. The van der Waals surface area contributed by atoms with Crippen molar-refractivity contribution in [1.29, 1.82) is 0 Å². The van der Waals surface area contributed by atoms with Crippen molar-refractivity contribution in [2.24, 2.45) is 5.41 Å². The minimum atomic E-state index is -4.66. The Bertz CT molecular complexity index is 792. The second-order valence-electron chi connectivity index (χ2n) is 5.55. The zero-order chi connectivity index (χ0) is 16.7. The van der Waals surface area contributed by atoms with Crippen molar-refractivity contribution in [3.63, 3.8) is 0 Å². The van der Waals surface area contributed by atoms with Crippen LogP contribution < -0.4 is 0 Å². The number of carbonyl (C=O) groups excluding carboxylic acids is 1. The van der Waals surface area contributed by atoms with Crippen LogP contribution in [0, 0.1) is 5.41 Å². The Labute approximate surface area is 131 Å². The molecular formula is C18H15F3O2. The van der Waals surface area contributed by atoms with E-state index in [2.05, 4.69) is 4.74 Å². The average molecular weight is 320 g/mol. The number of esters is 1. The summed E-state index contributed by atoms with van der Waals surface area (Å²) in [5.41, 5.74) is -1.74. The zero-order valence-corrected chi connectivity index (χ0v) is 12.5. The Morgan fingerprint density at radius 2 is 1.83 bits per heavy atom. The highest BCUT2D eigenvalue weighted by Gasteiger charge is 2.69. The van der Waals surface area contributed by atoms with Crippen molar-refractivity contribution in [2.75, 3.05) is 6.61 Å². The SMILES string of the molecule is CCOC(=O)C1(C(F)(F)F)C=C1Cc1ccc2ccccc2c1. The third-order valence-corrected chi connectivity index (χ3v) is 4.07. The number of fused-ring (bicyclic) bond motifs is 1. The fourth-order valence-corrected chi connectivity index (χ4v) is 2.80. The molecule has 0 saturated carbocycles. The highest BCUT2D eigenvalue weighted by Crippen LogP contribution is 2.58. The molecule has 0 heterocycles. The van der Waals surface area contributed by atoms with E-state index in [1.54, 1.807) is 6.07 Å². The summed E-state index contributed by atoms with van der Waals surface area (Å²) < 4.78 is 44.6. The van der Waals surface area contributed by atoms with Crippen LogP contribution in [0.2, 0.25) is 0 Å². The second-order valence-corrected chi connectivity index (χ2v) is 5.55. The number of carbonyl (C=O) groups is 1. The smallest absolute Gasteiger partial charge is 0.412 e. The zero-order valence-electron chi connectivity index (χ0n) is 12.5. The van der Waals surface area contributed by atoms with Crippen molar-refractivity contribution in [3.05, 3.63) is 59.7 Å². The molecule has 0 aliphatic heterocycles. The molecular weight excluding hydrogens is 305 g/mol. The molecule has 3 rings (SSSR count). The molecule has 0 radical (unpaired) electrons. The van der Waals surface area contributed by atoms with Gasteiger partial charge in [0.1, 0.15) is 0 Å². The first-order valence-corrected chi connectivity index (χ1v) is 7.32. The van der Waals surface area contributed by atoms with Crippen LogP contribution in [0.15, 0.2) is 54.1 Å². The maximum absolute atomic E-state index is 13.3. The van der Waals surface area contributed by atoms with Gasteiger partial charge in [-0.05, 0) is 35.3 Å². The van der Waals surface area contributed by atoms with E-state index in [0.717, 1.165) is 22.4 Å². The first kappa shape index (κ1) is 15.6. The largest absolute Gasteiger partial charge is 0.465 e. The van der Waals surface area contributed by atoms with E-state index in [4.69, 9.17) is 0 Å². The molecule has 0 bridgehead atoms. The van der Waals surface area contributed by atoms with Crippen molar-refractivity contribution in [1.82, 2.24) is 0 Å². The summed E-state index contributed by atoms with van der Waals surface area (Å²) in [7, 11) is 0. The third-order valence-electron chi connectivity index (χ3n) is 4.07. The van der Waals surface area contributed by atoms with E-state index in [-0.39, 0.29) is 18.6 Å². The Hall–Kier alpha value is -2.30. The summed E-state index contributed by atoms with van der Waals surface area (Å²) in [6.45, 7) is 1.42. The van der Waals surface area contributed by atoms with Crippen LogP contribution in [0.1, 0.15) is 12.5 Å². The molecule has 1 unspecified atom stereocenters. The predicted octanol–water partition coefficient (Wildman–Crippen LogP) is 4.43. The Morgan fingerprint density at radius 3 is 2.48 bits per heavy atom. The lowest BCUT2D eigenvalue weighted by molar-refractivity contribution is -0.201. The lowest BCUT2D eigenvalue weighted by Crippen LogP contribution is -2.37. The molecule has 0 aromatic heterocycles. The first-order valence-electron chi connectivity index (χ1n) is 7.32. The van der Waals surface area contributed by atoms with E-state index in [9.17, 15) is 18.0 Å². The van der Waals surface area contributed by atoms with Crippen molar-refractivity contribution < 1.29 is 22.7 Å². The maximum Gasteiger partial charge on any atom is 0.412 e. The summed E-state index contributed by atoms with van der Waals surface area (Å²) in [5.74, 6) is -1.23. The van der Waals surface area contributed by atoms with Gasteiger partial charge in [0.15, 0.2) is 0 Å². The summed E-state index contributed by atoms with van der Waals surface area (Å²) in [6.07, 6.45) is -3.60. The molecule has 0 saturated heterocycles. The van der Waals surface area contributed by atoms with E-state index >= 15 is 0 Å². The third kappa shape index (κ3) is 2.60. The quantitative estimate of drug-likeness (QED) is 0.615. The fourth-order valence-electron chi connectivity index (χ4n) is 2.80. The molecule has 5 heteroatoms. The van der Waals surface area contributed by atoms with Crippen LogP contribution in [-0.4, -0.2) is 18.8 Å². The van der Waals surface area contributed by atoms with Crippen LogP contribution >= 0.6 is 0 Å². The topological polar surface area (TPSA) is 26.3 Å². The van der Waals surface area contributed by atoms with E-state index in [0.29, 0.717) is 0 Å². The molecule has 2 aromatic rings. The summed E-state index contributed by atoms with van der Waals surface area (Å²) in [6, 6.07) is 13.1. The lowest BCUT2D eigenvalue weighted by Gasteiger charge is -2.20. The van der Waals surface area contributed by atoms with Gasteiger partial charge in [0, 0.05) is 0 Å². The number of ether oxygens (including phenoxy) is 1. The van der Waals surface area contributed by atoms with Gasteiger partial charge in [-0.25, -0.2) is 0 Å². The summed E-state index contributed by atoms with van der Waals surface area (Å²) in [4.78, 5) is 11.8. The molecule has 0 N–H and O–H groups in total. The van der Waals surface area contributed by atoms with Gasteiger partial charge in [-0.15, -0.1) is 0 Å². The number of hydrogen-bond acceptors (Lipinski definition) is 2. The monoisotopic (exact) mass is 320 g/mol. The van der Waals surface area contributed by atoms with Crippen molar-refractivity contribution >= 4 is 16.7 Å². The number of benzene rings is 2. The minimum Gasteiger partial charge on any atom is -0.465 e. The molecule has 1 aliphatic rings. The Balaban J connectivity index is 1.84. The van der Waals surface area contributed by atoms with Gasteiger partial charge in [-0.2, -0.15) is 13.2 Å². The van der Waals surface area contributed by atoms with Crippen LogP contribution in [-0.2, 0) is 16.0 Å². The highest BCUT2D eigenvalue weighted by molar-refractivity contribution is 5.90. The van der Waals surface area contributed by atoms with Gasteiger partial charge < -0.3 is 4.74 Å². The molecule has 0 fully saturated rings. The van der Waals surface area contributed by atoms with Crippen molar-refractivity contribution in [2.45, 2.75) is 19.5 Å². The number of rotatable bonds is 4. The molecule has 120 valence electrons. The van der Waals surface area contributed by atoms with Crippen LogP contribution in [0.3, 0.4) is 0 Å². The minimum absolute atomic E-state index is 0.0544. The van der Waals surface area contributed by atoms with Crippen LogP contribution in [0.5, 0.6) is 0 Å². The standard InChI is InChI=1S/C18H15F3O2/c1-2-23-16(22)17(18(19,20)21)11-15(17)10-12-7-8-13-5-3-4-6-14(13)9-12/h3-9,11H,2,10H2,1H3. The second kappa shape index (κ2) is 5.41. The average Bonchev–Trinajstić information content (AvgIpc) is 3.23. The Morgan fingerprint density at radius 1 is 1.13 bits per heavy atom. The predicted molar refractivity (Wildman–Crippen MR) is 80.9 cm³/mol. The van der Waals surface area contributed by atoms with Gasteiger partial charge in [-0.3, -0.25) is 4.79 Å². The van der Waals surface area contributed by atoms with Crippen LogP contribution in [0.4, 0.5) is 13.2 Å². The summed E-state index contributed by atoms with van der Waals surface area (Å²) >= 11 is 0. The highest BCUT2D eigenvalue weighted by atomic mass is 19.4. The van der Waals surface area contributed by atoms with Gasteiger partial charge in [-0.1, -0.05) is 48.5 Å². The maximum atomic E-state index is 13.3. The van der Waals surface area contributed by atoms with Gasteiger partial charge in [0.2, 0.25) is 5.41 Å². The fraction of sp³-hybridized carbons (Fsp3) is 0.278. The number of alkyl halides is 3. The Kier molecular flexibility index (Phi) is 3.66. The summed E-state index contributed by atoms with van der Waals surface area (Å²) in [5, 5.41) is 1.98. The normalized spacial score (nSPS) is 20.3. The van der Waals surface area contributed by atoms with Gasteiger partial charge in [0.25, 0.3) is 0 Å². The molecule has 0 amide bonds.